The van der Waals surface area contributed by atoms with E-state index in [0.29, 0.717) is 13.1 Å². The van der Waals surface area contributed by atoms with Gasteiger partial charge in [0.1, 0.15) is 0 Å². The van der Waals surface area contributed by atoms with Gasteiger partial charge in [-0.25, -0.2) is 8.42 Å². The molecule has 0 atom stereocenters. The maximum absolute atomic E-state index is 11.5. The maximum atomic E-state index is 11.5. The van der Waals surface area contributed by atoms with Gasteiger partial charge < -0.3 is 10.2 Å². The number of sulfonamides is 1. The first-order valence-electron chi connectivity index (χ1n) is 6.86. The van der Waals surface area contributed by atoms with Gasteiger partial charge in [-0.2, -0.15) is 4.31 Å². The molecule has 0 aromatic heterocycles. The van der Waals surface area contributed by atoms with Crippen molar-refractivity contribution in [1.82, 2.24) is 9.62 Å². The molecule has 1 heterocycles. The van der Waals surface area contributed by atoms with Crippen LogP contribution in [0.3, 0.4) is 0 Å². The van der Waals surface area contributed by atoms with E-state index in [2.05, 4.69) is 35.3 Å². The fourth-order valence-corrected chi connectivity index (χ4v) is 3.47. The van der Waals surface area contributed by atoms with Crippen molar-refractivity contribution >= 4 is 15.7 Å². The Hall–Kier alpha value is -1.11. The second kappa shape index (κ2) is 6.11. The van der Waals surface area contributed by atoms with Crippen LogP contribution in [0.25, 0.3) is 0 Å². The number of anilines is 1. The summed E-state index contributed by atoms with van der Waals surface area (Å²) < 4.78 is 24.6. The van der Waals surface area contributed by atoms with E-state index in [9.17, 15) is 8.42 Å². The number of nitrogens with zero attached hydrogens (tertiary/aromatic N) is 2. The van der Waals surface area contributed by atoms with Crippen LogP contribution in [0.2, 0.25) is 0 Å². The van der Waals surface area contributed by atoms with Crippen LogP contribution < -0.4 is 10.2 Å². The van der Waals surface area contributed by atoms with E-state index in [-0.39, 0.29) is 0 Å². The Labute approximate surface area is 121 Å². The molecular weight excluding hydrogens is 274 g/mol. The Morgan fingerprint density at radius 3 is 2.35 bits per heavy atom. The van der Waals surface area contributed by atoms with Crippen LogP contribution in [0.4, 0.5) is 5.69 Å². The summed E-state index contributed by atoms with van der Waals surface area (Å²) in [6.45, 7) is 5.60. The molecule has 0 aliphatic carbocycles. The Balaban J connectivity index is 2.07. The lowest BCUT2D eigenvalue weighted by Gasteiger charge is -2.35. The van der Waals surface area contributed by atoms with Crippen LogP contribution in [0.1, 0.15) is 11.1 Å². The van der Waals surface area contributed by atoms with E-state index in [1.807, 2.05) is 7.05 Å². The van der Waals surface area contributed by atoms with Gasteiger partial charge in [-0.15, -0.1) is 0 Å². The van der Waals surface area contributed by atoms with Crippen molar-refractivity contribution in [3.05, 3.63) is 29.3 Å². The molecule has 1 aliphatic heterocycles. The molecule has 0 amide bonds. The fourth-order valence-electron chi connectivity index (χ4n) is 2.65. The number of hydrogen-bond donors (Lipinski definition) is 1. The predicted molar refractivity (Wildman–Crippen MR) is 82.6 cm³/mol. The zero-order valence-corrected chi connectivity index (χ0v) is 13.2. The molecule has 1 N–H and O–H groups in total. The quantitative estimate of drug-likeness (QED) is 0.893. The van der Waals surface area contributed by atoms with Gasteiger partial charge in [0.15, 0.2) is 0 Å². The summed E-state index contributed by atoms with van der Waals surface area (Å²) in [6.07, 6.45) is 1.28. The Kier molecular flexibility index (Phi) is 4.67. The average Bonchev–Trinajstić information content (AvgIpc) is 2.38. The van der Waals surface area contributed by atoms with Crippen LogP contribution in [-0.4, -0.2) is 52.2 Å². The second-order valence-electron chi connectivity index (χ2n) is 5.30. The van der Waals surface area contributed by atoms with E-state index < -0.39 is 10.0 Å². The number of hydrogen-bond acceptors (Lipinski definition) is 4. The molecule has 0 spiro atoms. The molecule has 1 aromatic carbocycles. The summed E-state index contributed by atoms with van der Waals surface area (Å²) in [5, 5.41) is 3.15. The van der Waals surface area contributed by atoms with E-state index in [1.54, 1.807) is 4.31 Å². The molecule has 0 radical (unpaired) electrons. The first kappa shape index (κ1) is 15.3. The smallest absolute Gasteiger partial charge is 0.211 e. The molecule has 0 unspecified atom stereocenters. The molecule has 1 fully saturated rings. The van der Waals surface area contributed by atoms with E-state index in [1.165, 1.54) is 23.1 Å². The molecule has 112 valence electrons. The summed E-state index contributed by atoms with van der Waals surface area (Å²) in [5.74, 6) is 0. The highest BCUT2D eigenvalue weighted by Gasteiger charge is 2.24. The Bertz CT molecular complexity index is 564. The standard InChI is InChI=1S/C14H23N3O2S/c1-12-10-13(11-15-2)4-5-14(12)16-6-8-17(9-7-16)20(3,18)19/h4-5,10,15H,6-9,11H2,1-3H3. The second-order valence-corrected chi connectivity index (χ2v) is 7.28. The van der Waals surface area contributed by atoms with Gasteiger partial charge >= 0.3 is 0 Å². The first-order valence-corrected chi connectivity index (χ1v) is 8.71. The monoisotopic (exact) mass is 297 g/mol. The summed E-state index contributed by atoms with van der Waals surface area (Å²) >= 11 is 0. The van der Waals surface area contributed by atoms with Gasteiger partial charge in [0.25, 0.3) is 0 Å². The van der Waals surface area contributed by atoms with Gasteiger partial charge in [-0.3, -0.25) is 0 Å². The predicted octanol–water partition coefficient (Wildman–Crippen LogP) is 0.796. The number of rotatable bonds is 4. The van der Waals surface area contributed by atoms with Gasteiger partial charge in [0.2, 0.25) is 10.0 Å². The average molecular weight is 297 g/mol. The zero-order chi connectivity index (χ0) is 14.8. The number of benzene rings is 1. The van der Waals surface area contributed by atoms with Crippen molar-refractivity contribution in [3.63, 3.8) is 0 Å². The summed E-state index contributed by atoms with van der Waals surface area (Å²) in [4.78, 5) is 2.26. The lowest BCUT2D eigenvalue weighted by molar-refractivity contribution is 0.388. The number of piperazine rings is 1. The van der Waals surface area contributed by atoms with Crippen molar-refractivity contribution in [2.45, 2.75) is 13.5 Å². The van der Waals surface area contributed by atoms with Gasteiger partial charge in [0.05, 0.1) is 6.26 Å². The van der Waals surface area contributed by atoms with Crippen LogP contribution in [-0.2, 0) is 16.6 Å². The minimum atomic E-state index is -3.06. The zero-order valence-electron chi connectivity index (χ0n) is 12.4. The first-order chi connectivity index (χ1) is 9.41. The van der Waals surface area contributed by atoms with Gasteiger partial charge in [-0.1, -0.05) is 12.1 Å². The molecular formula is C14H23N3O2S. The third-order valence-electron chi connectivity index (χ3n) is 3.69. The lowest BCUT2D eigenvalue weighted by atomic mass is 10.1. The van der Waals surface area contributed by atoms with Gasteiger partial charge in [-0.05, 0) is 31.2 Å². The molecule has 1 saturated heterocycles. The highest BCUT2D eigenvalue weighted by Crippen LogP contribution is 2.23. The highest BCUT2D eigenvalue weighted by atomic mass is 32.2. The molecule has 5 nitrogen and oxygen atoms in total. The van der Waals surface area contributed by atoms with E-state index in [0.717, 1.165) is 19.6 Å². The molecule has 1 aliphatic rings. The van der Waals surface area contributed by atoms with Crippen molar-refractivity contribution in [3.8, 4) is 0 Å². The Morgan fingerprint density at radius 1 is 1.20 bits per heavy atom. The Morgan fingerprint density at radius 2 is 1.85 bits per heavy atom. The van der Waals surface area contributed by atoms with Crippen molar-refractivity contribution in [1.29, 1.82) is 0 Å². The summed E-state index contributed by atoms with van der Waals surface area (Å²) in [6, 6.07) is 6.45. The van der Waals surface area contributed by atoms with E-state index >= 15 is 0 Å². The van der Waals surface area contributed by atoms with Crippen LogP contribution >= 0.6 is 0 Å². The minimum Gasteiger partial charge on any atom is -0.369 e. The number of aryl methyl sites for hydroxylation is 1. The van der Waals surface area contributed by atoms with Crippen molar-refractivity contribution < 1.29 is 8.42 Å². The third kappa shape index (κ3) is 3.50. The summed E-state index contributed by atoms with van der Waals surface area (Å²) in [5.41, 5.74) is 3.71. The lowest BCUT2D eigenvalue weighted by Crippen LogP contribution is -2.48. The molecule has 0 saturated carbocycles. The molecule has 0 bridgehead atoms. The largest absolute Gasteiger partial charge is 0.369 e. The fraction of sp³-hybridized carbons (Fsp3) is 0.571. The highest BCUT2D eigenvalue weighted by molar-refractivity contribution is 7.88. The minimum absolute atomic E-state index is 0.566. The molecule has 2 rings (SSSR count). The molecule has 6 heteroatoms. The van der Waals surface area contributed by atoms with Crippen LogP contribution in [0, 0.1) is 6.92 Å². The normalized spacial score (nSPS) is 17.4. The summed E-state index contributed by atoms with van der Waals surface area (Å²) in [7, 11) is -1.12. The van der Waals surface area contributed by atoms with E-state index in [4.69, 9.17) is 0 Å². The molecule has 1 aromatic rings. The topological polar surface area (TPSA) is 52.6 Å². The SMILES string of the molecule is CNCc1ccc(N2CCN(S(C)(=O)=O)CC2)c(C)c1. The van der Waals surface area contributed by atoms with Crippen LogP contribution in [0.5, 0.6) is 0 Å². The third-order valence-corrected chi connectivity index (χ3v) is 4.99. The van der Waals surface area contributed by atoms with Crippen molar-refractivity contribution in [2.75, 3.05) is 44.4 Å². The van der Waals surface area contributed by atoms with Crippen LogP contribution in [0.15, 0.2) is 18.2 Å². The molecule has 20 heavy (non-hydrogen) atoms. The number of nitrogens with one attached hydrogen (secondary N) is 1. The van der Waals surface area contributed by atoms with Crippen molar-refractivity contribution in [2.24, 2.45) is 0 Å². The van der Waals surface area contributed by atoms with Gasteiger partial charge in [0, 0.05) is 38.4 Å². The maximum Gasteiger partial charge on any atom is 0.211 e.